The van der Waals surface area contributed by atoms with Crippen molar-refractivity contribution < 1.29 is 9.47 Å². The molecule has 108 valence electrons. The highest BCUT2D eigenvalue weighted by Crippen LogP contribution is 2.30. The standard InChI is InChI=1S/C16H19NO2.ClH/c1-12(17)14-8-9-15(18-2)16(10-14)19-11-13-6-4-3-5-7-13;/h3-10,12H,11,17H2,1-2H3;1H/t12-;/m0./s1. The topological polar surface area (TPSA) is 44.5 Å². The van der Waals surface area contributed by atoms with Crippen LogP contribution in [0.4, 0.5) is 0 Å². The number of nitrogens with two attached hydrogens (primary N) is 1. The van der Waals surface area contributed by atoms with Gasteiger partial charge >= 0.3 is 0 Å². The first-order valence-electron chi connectivity index (χ1n) is 6.31. The molecule has 20 heavy (non-hydrogen) atoms. The lowest BCUT2D eigenvalue weighted by Gasteiger charge is -2.14. The molecule has 0 unspecified atom stereocenters. The summed E-state index contributed by atoms with van der Waals surface area (Å²) in [5, 5.41) is 0. The van der Waals surface area contributed by atoms with Gasteiger partial charge in [-0.1, -0.05) is 36.4 Å². The van der Waals surface area contributed by atoms with Crippen LogP contribution in [0.25, 0.3) is 0 Å². The van der Waals surface area contributed by atoms with Crippen molar-refractivity contribution in [2.75, 3.05) is 7.11 Å². The van der Waals surface area contributed by atoms with Crippen LogP contribution < -0.4 is 15.2 Å². The fraction of sp³-hybridized carbons (Fsp3) is 0.250. The fourth-order valence-corrected chi connectivity index (χ4v) is 1.82. The Kier molecular flexibility index (Phi) is 6.36. The van der Waals surface area contributed by atoms with Crippen LogP contribution in [-0.4, -0.2) is 7.11 Å². The Morgan fingerprint density at radius 3 is 2.35 bits per heavy atom. The van der Waals surface area contributed by atoms with Gasteiger partial charge in [0, 0.05) is 6.04 Å². The summed E-state index contributed by atoms with van der Waals surface area (Å²) >= 11 is 0. The van der Waals surface area contributed by atoms with Crippen LogP contribution in [0.2, 0.25) is 0 Å². The van der Waals surface area contributed by atoms with E-state index >= 15 is 0 Å². The van der Waals surface area contributed by atoms with Crippen molar-refractivity contribution in [3.8, 4) is 11.5 Å². The third-order valence-corrected chi connectivity index (χ3v) is 2.95. The summed E-state index contributed by atoms with van der Waals surface area (Å²) in [5.74, 6) is 1.45. The summed E-state index contributed by atoms with van der Waals surface area (Å²) in [6, 6.07) is 15.8. The minimum absolute atomic E-state index is 0. The van der Waals surface area contributed by atoms with Gasteiger partial charge < -0.3 is 15.2 Å². The predicted octanol–water partition coefficient (Wildman–Crippen LogP) is 3.72. The minimum Gasteiger partial charge on any atom is -0.493 e. The number of methoxy groups -OCH3 is 1. The molecule has 0 aliphatic rings. The van der Waals surface area contributed by atoms with E-state index in [9.17, 15) is 0 Å². The van der Waals surface area contributed by atoms with Gasteiger partial charge in [-0.3, -0.25) is 0 Å². The Labute approximate surface area is 126 Å². The zero-order valence-corrected chi connectivity index (χ0v) is 12.5. The molecule has 0 amide bonds. The Morgan fingerprint density at radius 1 is 1.05 bits per heavy atom. The van der Waals surface area contributed by atoms with Crippen molar-refractivity contribution >= 4 is 12.4 Å². The smallest absolute Gasteiger partial charge is 0.161 e. The van der Waals surface area contributed by atoms with E-state index in [4.69, 9.17) is 15.2 Å². The average molecular weight is 294 g/mol. The van der Waals surface area contributed by atoms with Crippen molar-refractivity contribution in [2.24, 2.45) is 5.73 Å². The zero-order chi connectivity index (χ0) is 13.7. The Morgan fingerprint density at radius 2 is 1.75 bits per heavy atom. The van der Waals surface area contributed by atoms with E-state index in [0.29, 0.717) is 6.61 Å². The van der Waals surface area contributed by atoms with Crippen molar-refractivity contribution in [3.63, 3.8) is 0 Å². The maximum atomic E-state index is 5.89. The summed E-state index contributed by atoms with van der Waals surface area (Å²) < 4.78 is 11.1. The maximum absolute atomic E-state index is 5.89. The molecule has 0 fully saturated rings. The van der Waals surface area contributed by atoms with E-state index in [0.717, 1.165) is 22.6 Å². The van der Waals surface area contributed by atoms with E-state index in [-0.39, 0.29) is 18.4 Å². The molecule has 0 saturated heterocycles. The van der Waals surface area contributed by atoms with Crippen LogP contribution in [-0.2, 0) is 6.61 Å². The van der Waals surface area contributed by atoms with E-state index in [1.165, 1.54) is 0 Å². The number of halogens is 1. The average Bonchev–Trinajstić information content (AvgIpc) is 2.45. The second kappa shape index (κ2) is 7.78. The maximum Gasteiger partial charge on any atom is 0.161 e. The van der Waals surface area contributed by atoms with Gasteiger partial charge in [-0.05, 0) is 30.2 Å². The highest BCUT2D eigenvalue weighted by molar-refractivity contribution is 5.85. The number of benzene rings is 2. The molecule has 4 heteroatoms. The summed E-state index contributed by atoms with van der Waals surface area (Å²) in [6.07, 6.45) is 0. The van der Waals surface area contributed by atoms with Crippen molar-refractivity contribution in [2.45, 2.75) is 19.6 Å². The SMILES string of the molecule is COc1ccc([C@H](C)N)cc1OCc1ccccc1.Cl. The van der Waals surface area contributed by atoms with Gasteiger partial charge in [0.2, 0.25) is 0 Å². The second-order valence-electron chi connectivity index (χ2n) is 4.47. The number of ether oxygens (including phenoxy) is 2. The molecular formula is C16H20ClNO2. The van der Waals surface area contributed by atoms with Crippen molar-refractivity contribution in [1.82, 2.24) is 0 Å². The van der Waals surface area contributed by atoms with Gasteiger partial charge in [-0.2, -0.15) is 0 Å². The largest absolute Gasteiger partial charge is 0.493 e. The van der Waals surface area contributed by atoms with Gasteiger partial charge in [0.05, 0.1) is 7.11 Å². The zero-order valence-electron chi connectivity index (χ0n) is 11.7. The molecular weight excluding hydrogens is 274 g/mol. The molecule has 0 spiro atoms. The third-order valence-electron chi connectivity index (χ3n) is 2.95. The summed E-state index contributed by atoms with van der Waals surface area (Å²) in [7, 11) is 1.64. The molecule has 2 aromatic rings. The third kappa shape index (κ3) is 4.15. The molecule has 2 N–H and O–H groups in total. The van der Waals surface area contributed by atoms with Crippen LogP contribution in [0, 0.1) is 0 Å². The highest BCUT2D eigenvalue weighted by atomic mass is 35.5. The summed E-state index contributed by atoms with van der Waals surface area (Å²) in [4.78, 5) is 0. The molecule has 0 radical (unpaired) electrons. The van der Waals surface area contributed by atoms with Gasteiger partial charge in [0.15, 0.2) is 11.5 Å². The monoisotopic (exact) mass is 293 g/mol. The normalized spacial score (nSPS) is 11.3. The molecule has 0 saturated carbocycles. The van der Waals surface area contributed by atoms with Crippen LogP contribution in [0.1, 0.15) is 24.1 Å². The summed E-state index contributed by atoms with van der Waals surface area (Å²) in [6.45, 7) is 2.46. The van der Waals surface area contributed by atoms with Gasteiger partial charge in [0.1, 0.15) is 6.61 Å². The Bertz CT molecular complexity index is 529. The van der Waals surface area contributed by atoms with Crippen LogP contribution >= 0.6 is 12.4 Å². The lowest BCUT2D eigenvalue weighted by Crippen LogP contribution is -2.06. The highest BCUT2D eigenvalue weighted by Gasteiger charge is 2.08. The molecule has 0 aromatic heterocycles. The van der Waals surface area contributed by atoms with Gasteiger partial charge in [0.25, 0.3) is 0 Å². The van der Waals surface area contributed by atoms with Gasteiger partial charge in [-0.25, -0.2) is 0 Å². The minimum atomic E-state index is -0.0232. The van der Waals surface area contributed by atoms with E-state index in [2.05, 4.69) is 0 Å². The molecule has 0 aliphatic carbocycles. The van der Waals surface area contributed by atoms with Crippen molar-refractivity contribution in [1.29, 1.82) is 0 Å². The van der Waals surface area contributed by atoms with Crippen molar-refractivity contribution in [3.05, 3.63) is 59.7 Å². The predicted molar refractivity (Wildman–Crippen MR) is 83.6 cm³/mol. The quantitative estimate of drug-likeness (QED) is 0.914. The molecule has 0 aliphatic heterocycles. The van der Waals surface area contributed by atoms with E-state index < -0.39 is 0 Å². The number of rotatable bonds is 5. The first-order chi connectivity index (χ1) is 9.20. The van der Waals surface area contributed by atoms with E-state index in [1.54, 1.807) is 7.11 Å². The Balaban J connectivity index is 0.00000200. The van der Waals surface area contributed by atoms with Crippen LogP contribution in [0.15, 0.2) is 48.5 Å². The van der Waals surface area contributed by atoms with Crippen LogP contribution in [0.5, 0.6) is 11.5 Å². The lowest BCUT2D eigenvalue weighted by molar-refractivity contribution is 0.284. The molecule has 0 heterocycles. The summed E-state index contributed by atoms with van der Waals surface area (Å²) in [5.41, 5.74) is 8.04. The molecule has 1 atom stereocenters. The first-order valence-corrected chi connectivity index (χ1v) is 6.31. The Hall–Kier alpha value is -1.71. The second-order valence-corrected chi connectivity index (χ2v) is 4.47. The number of hydrogen-bond acceptors (Lipinski definition) is 3. The lowest BCUT2D eigenvalue weighted by atomic mass is 10.1. The molecule has 3 nitrogen and oxygen atoms in total. The van der Waals surface area contributed by atoms with Gasteiger partial charge in [-0.15, -0.1) is 12.4 Å². The molecule has 2 rings (SSSR count). The number of hydrogen-bond donors (Lipinski definition) is 1. The van der Waals surface area contributed by atoms with E-state index in [1.807, 2.05) is 55.5 Å². The first kappa shape index (κ1) is 16.3. The molecule has 2 aromatic carbocycles. The van der Waals surface area contributed by atoms with Crippen LogP contribution in [0.3, 0.4) is 0 Å². The molecule has 0 bridgehead atoms. The fourth-order valence-electron chi connectivity index (χ4n) is 1.82.